The number of phenolic OH excluding ortho intramolecular Hbond substituents is 10. The van der Waals surface area contributed by atoms with E-state index in [1.54, 1.807) is 12.1 Å². The van der Waals surface area contributed by atoms with Crippen LogP contribution in [0.5, 0.6) is 80.5 Å². The summed E-state index contributed by atoms with van der Waals surface area (Å²) in [5, 5.41) is 149. The fourth-order valence-corrected chi connectivity index (χ4v) is 10.7. The monoisotopic (exact) mass is 977 g/mol. The van der Waals surface area contributed by atoms with Crippen LogP contribution in [-0.2, 0) is 12.2 Å². The van der Waals surface area contributed by atoms with Crippen molar-refractivity contribution in [1.29, 1.82) is 0 Å². The van der Waals surface area contributed by atoms with Gasteiger partial charge in [-0.25, -0.2) is 4.42 Å². The molecule has 18 nitrogen and oxygen atoms in total. The lowest BCUT2D eigenvalue weighted by Gasteiger charge is -2.51. The number of aromatic hydroxyl groups is 10. The lowest BCUT2D eigenvalue weighted by Crippen LogP contribution is -2.58. The molecule has 13 N–H and O–H groups in total. The molecule has 8 atom stereocenters. The third-order valence-corrected chi connectivity index (χ3v) is 14.1. The lowest BCUT2D eigenvalue weighted by atomic mass is 9.71. The third-order valence-electron chi connectivity index (χ3n) is 14.1. The second-order valence-corrected chi connectivity index (χ2v) is 18.2. The number of benzene rings is 7. The molecule has 1 aromatic heterocycles. The van der Waals surface area contributed by atoms with Crippen LogP contribution < -0.4 is 18.9 Å². The highest BCUT2D eigenvalue weighted by atomic mass is 16.7. The number of hydrogen-bond acceptors (Lipinski definition) is 17. The quantitative estimate of drug-likeness (QED) is 0.0597. The van der Waals surface area contributed by atoms with Crippen LogP contribution in [-0.4, -0.2) is 84.7 Å². The molecule has 2 bridgehead atoms. The highest BCUT2D eigenvalue weighted by Gasteiger charge is 2.62. The molecule has 0 saturated heterocycles. The van der Waals surface area contributed by atoms with Crippen LogP contribution in [0.2, 0.25) is 0 Å². The number of hydrogen-bond donors (Lipinski definition) is 13. The molecule has 8 aromatic rings. The van der Waals surface area contributed by atoms with Gasteiger partial charge in [-0.3, -0.25) is 0 Å². The summed E-state index contributed by atoms with van der Waals surface area (Å²) in [5.41, 5.74) is 0.411. The van der Waals surface area contributed by atoms with E-state index in [1.165, 1.54) is 48.5 Å². The topological polar surface area (TPSA) is 311 Å². The number of ether oxygens (including phenoxy) is 4. The molecule has 18 heteroatoms. The number of phenols is 10. The Labute approximate surface area is 405 Å². The van der Waals surface area contributed by atoms with Crippen molar-refractivity contribution < 1.29 is 89.7 Å². The second-order valence-electron chi connectivity index (χ2n) is 18.2. The van der Waals surface area contributed by atoms with Gasteiger partial charge in [0.15, 0.2) is 40.6 Å². The zero-order valence-corrected chi connectivity index (χ0v) is 37.1. The van der Waals surface area contributed by atoms with Crippen molar-refractivity contribution >= 4 is 11.0 Å². The van der Waals surface area contributed by atoms with Crippen LogP contribution in [0.3, 0.4) is 0 Å². The summed E-state index contributed by atoms with van der Waals surface area (Å²) in [6, 6.07) is 26.8. The smallest absolute Gasteiger partial charge is 0.368 e. The first-order valence-electron chi connectivity index (χ1n) is 22.5. The maximum atomic E-state index is 12.9. The zero-order chi connectivity index (χ0) is 50.2. The van der Waals surface area contributed by atoms with Gasteiger partial charge >= 0.3 is 17.1 Å². The summed E-state index contributed by atoms with van der Waals surface area (Å²) in [6.45, 7) is 0. The Morgan fingerprint density at radius 1 is 0.472 bits per heavy atom. The molecule has 0 fully saturated rings. The normalized spacial score (nSPS) is 23.5. The Bertz CT molecular complexity index is 3580. The Kier molecular flexibility index (Phi) is 9.69. The van der Waals surface area contributed by atoms with Gasteiger partial charge in [-0.1, -0.05) is 30.3 Å². The Balaban J connectivity index is 1.12. The molecule has 72 heavy (non-hydrogen) atoms. The summed E-state index contributed by atoms with van der Waals surface area (Å²) < 4.78 is 32.9. The first kappa shape index (κ1) is 44.3. The Morgan fingerprint density at radius 3 is 1.74 bits per heavy atom. The van der Waals surface area contributed by atoms with Crippen LogP contribution in [0.4, 0.5) is 0 Å². The van der Waals surface area contributed by atoms with E-state index in [2.05, 4.69) is 0 Å². The predicted octanol–water partition coefficient (Wildman–Crippen LogP) is 7.23. The molecule has 0 aliphatic carbocycles. The average Bonchev–Trinajstić information content (AvgIpc) is 3.35. The summed E-state index contributed by atoms with van der Waals surface area (Å²) in [6.07, 6.45) is -8.12. The molecule has 0 saturated carbocycles. The van der Waals surface area contributed by atoms with E-state index in [1.807, 2.05) is 30.3 Å². The molecule has 1 unspecified atom stereocenters. The largest absolute Gasteiger partial charge is 0.507 e. The zero-order valence-electron chi connectivity index (χ0n) is 37.1. The minimum absolute atomic E-state index is 0.0136. The van der Waals surface area contributed by atoms with Gasteiger partial charge in [0.1, 0.15) is 69.7 Å². The van der Waals surface area contributed by atoms with Gasteiger partial charge in [0.25, 0.3) is 0 Å². The highest BCUT2D eigenvalue weighted by molar-refractivity contribution is 5.90. The van der Waals surface area contributed by atoms with Crippen LogP contribution in [0, 0.1) is 0 Å². The van der Waals surface area contributed by atoms with E-state index in [0.29, 0.717) is 11.3 Å². The van der Waals surface area contributed by atoms with Crippen LogP contribution in [0.1, 0.15) is 68.6 Å². The lowest BCUT2D eigenvalue weighted by molar-refractivity contribution is -0.219. The molecule has 5 heterocycles. The van der Waals surface area contributed by atoms with Crippen molar-refractivity contribution in [3.8, 4) is 91.8 Å². The summed E-state index contributed by atoms with van der Waals surface area (Å²) >= 11 is 0. The molecule has 4 aliphatic heterocycles. The first-order valence-corrected chi connectivity index (χ1v) is 22.5. The molecular formula is C54H41O18+. The second kappa shape index (κ2) is 15.8. The maximum absolute atomic E-state index is 12.9. The van der Waals surface area contributed by atoms with Crippen molar-refractivity contribution in [2.75, 3.05) is 0 Å². The van der Waals surface area contributed by atoms with Gasteiger partial charge in [0, 0.05) is 58.0 Å². The molecule has 7 aromatic carbocycles. The first-order chi connectivity index (χ1) is 34.5. The van der Waals surface area contributed by atoms with Crippen molar-refractivity contribution in [3.05, 3.63) is 160 Å². The Hall–Kier alpha value is -8.97. The predicted molar refractivity (Wildman–Crippen MR) is 250 cm³/mol. The van der Waals surface area contributed by atoms with E-state index in [4.69, 9.17) is 23.4 Å². The van der Waals surface area contributed by atoms with Crippen molar-refractivity contribution in [2.24, 2.45) is 0 Å². The van der Waals surface area contributed by atoms with E-state index >= 15 is 0 Å². The van der Waals surface area contributed by atoms with Crippen LogP contribution in [0.25, 0.3) is 22.3 Å². The Morgan fingerprint density at radius 2 is 1.07 bits per heavy atom. The van der Waals surface area contributed by atoms with Crippen LogP contribution in [0.15, 0.2) is 120 Å². The van der Waals surface area contributed by atoms with E-state index in [0.717, 1.165) is 24.3 Å². The fourth-order valence-electron chi connectivity index (χ4n) is 10.7. The van der Waals surface area contributed by atoms with Crippen LogP contribution >= 0.6 is 0 Å². The highest BCUT2D eigenvalue weighted by Crippen LogP contribution is 2.66. The maximum Gasteiger partial charge on any atom is 0.368 e. The minimum Gasteiger partial charge on any atom is -0.507 e. The van der Waals surface area contributed by atoms with Gasteiger partial charge in [0.2, 0.25) is 0 Å². The third kappa shape index (κ3) is 6.42. The molecule has 4 aliphatic rings. The fraction of sp³-hybridized carbons (Fsp3) is 0.167. The van der Waals surface area contributed by atoms with Crippen molar-refractivity contribution in [1.82, 2.24) is 0 Å². The summed E-state index contributed by atoms with van der Waals surface area (Å²) in [7, 11) is 0. The number of aliphatic hydroxyl groups is 3. The van der Waals surface area contributed by atoms with E-state index < -0.39 is 111 Å². The molecule has 12 rings (SSSR count). The van der Waals surface area contributed by atoms with Crippen molar-refractivity contribution in [2.45, 2.75) is 54.6 Å². The standard InChI is InChI=1S/C54H40O18/c55-27-10-6-22(14-31(27)59)48-37(65)17-26-30(58)19-40-44(51(26)69-48)46-43-35(63)18-34(62)42(52(43)72-54(71-40,53(46)67)24-8-12-29(57)33(61)16-24)45-41-36(64)20-39-25(9-13-38(68-39)21-4-2-1-3-5-21)50(41)70-49(47(45)66)23-7-11-28(56)32(60)15-23/h1-16,18-20,37,45-49,53,65-67H,17H2,(H9-,55,56,57,58,59,60,61,62,63,64)/p+1/t37-,45?,46+,47+,48-,49+,53+,54+/m0/s1. The van der Waals surface area contributed by atoms with Gasteiger partial charge in [0.05, 0.1) is 29.6 Å². The molecule has 364 valence electrons. The summed E-state index contributed by atoms with van der Waals surface area (Å²) in [4.78, 5) is 0. The van der Waals surface area contributed by atoms with Crippen molar-refractivity contribution in [3.63, 3.8) is 0 Å². The van der Waals surface area contributed by atoms with Gasteiger partial charge in [-0.15, -0.1) is 0 Å². The van der Waals surface area contributed by atoms with Gasteiger partial charge in [-0.2, -0.15) is 0 Å². The molecule has 0 spiro atoms. The van der Waals surface area contributed by atoms with Gasteiger partial charge in [-0.05, 0) is 71.8 Å². The number of aliphatic hydroxyl groups excluding tert-OH is 3. The van der Waals surface area contributed by atoms with E-state index in [9.17, 15) is 66.4 Å². The minimum atomic E-state index is -2.51. The molecule has 0 radical (unpaired) electrons. The van der Waals surface area contributed by atoms with Gasteiger partial charge < -0.3 is 85.3 Å². The SMILES string of the molecule is Oc1ccc([C@H]2Oc3c(c(O)cc4[o+]c(-c5ccccc5)ccc34)C(c3c(O)cc(O)c4c3O[C@@]3(c5ccc(O)c(O)c5)Oc5cc(O)c6c(c5[C@@H]4[C@H]3O)O[C@@H](c3ccc(O)c(O)c3)[C@@H](O)C6)[C@H]2O)cc1O. The molecular weight excluding hydrogens is 937 g/mol. The number of fused-ring (bicyclic) bond motifs is 11. The summed E-state index contributed by atoms with van der Waals surface area (Å²) in [5.74, 6) is -11.6. The number of rotatable bonds is 5. The molecule has 0 amide bonds. The van der Waals surface area contributed by atoms with E-state index in [-0.39, 0.29) is 79.1 Å². The average molecular weight is 978 g/mol.